The number of carbonyl (C=O) groups excluding carboxylic acids is 2. The van der Waals surface area contributed by atoms with E-state index in [1.807, 2.05) is 6.92 Å². The van der Waals surface area contributed by atoms with Crippen LogP contribution in [-0.4, -0.2) is 17.2 Å². The Bertz CT molecular complexity index is 265. The third-order valence-electron chi connectivity index (χ3n) is 3.33. The molecule has 2 atom stereocenters. The van der Waals surface area contributed by atoms with Crippen molar-refractivity contribution in [1.82, 2.24) is 0 Å². The maximum atomic E-state index is 11.8. The van der Waals surface area contributed by atoms with Crippen LogP contribution in [0.4, 0.5) is 0 Å². The van der Waals surface area contributed by atoms with Gasteiger partial charge in [-0.25, -0.2) is 0 Å². The molecule has 0 radical (unpaired) electrons. The van der Waals surface area contributed by atoms with Crippen molar-refractivity contribution in [3.63, 3.8) is 0 Å². The largest absolute Gasteiger partial charge is 0.368 e. The molecule has 0 aromatic rings. The van der Waals surface area contributed by atoms with Crippen molar-refractivity contribution in [1.29, 1.82) is 0 Å². The summed E-state index contributed by atoms with van der Waals surface area (Å²) in [6, 6.07) is 0. The number of unbranched alkanes of at least 4 members (excludes halogenated alkanes) is 1. The molecule has 1 rings (SSSR count). The molecule has 1 aliphatic rings. The Balaban J connectivity index is 2.68. The summed E-state index contributed by atoms with van der Waals surface area (Å²) in [4.78, 5) is 23.1. The molecule has 1 aliphatic carbocycles. The predicted octanol–water partition coefficient (Wildman–Crippen LogP) is 0.729. The Kier molecular flexibility index (Phi) is 3.85. The summed E-state index contributed by atoms with van der Waals surface area (Å²) in [5.41, 5.74) is 10.1. The number of primary amides is 1. The number of hydrogen-bond acceptors (Lipinski definition) is 3. The van der Waals surface area contributed by atoms with Gasteiger partial charge in [-0.3, -0.25) is 9.59 Å². The second kappa shape index (κ2) is 4.75. The van der Waals surface area contributed by atoms with E-state index in [9.17, 15) is 9.59 Å². The number of carbonyl (C=O) groups is 2. The fourth-order valence-corrected chi connectivity index (χ4v) is 2.30. The van der Waals surface area contributed by atoms with Crippen LogP contribution in [0.3, 0.4) is 0 Å². The van der Waals surface area contributed by atoms with Crippen molar-refractivity contribution in [3.05, 3.63) is 0 Å². The molecule has 0 bridgehead atoms. The van der Waals surface area contributed by atoms with E-state index < -0.39 is 11.4 Å². The first-order valence-corrected chi connectivity index (χ1v) is 5.64. The third kappa shape index (κ3) is 2.37. The second-order valence-electron chi connectivity index (χ2n) is 4.42. The van der Waals surface area contributed by atoms with Crippen LogP contribution < -0.4 is 11.5 Å². The molecule has 4 N–H and O–H groups in total. The summed E-state index contributed by atoms with van der Waals surface area (Å²) in [5.74, 6) is -0.771. The van der Waals surface area contributed by atoms with Crippen molar-refractivity contribution in [2.24, 2.45) is 17.4 Å². The van der Waals surface area contributed by atoms with Crippen molar-refractivity contribution in [2.75, 3.05) is 0 Å². The third-order valence-corrected chi connectivity index (χ3v) is 3.33. The van der Waals surface area contributed by atoms with Crippen LogP contribution in [0.25, 0.3) is 0 Å². The van der Waals surface area contributed by atoms with Crippen LogP contribution in [0.1, 0.15) is 45.4 Å². The van der Waals surface area contributed by atoms with E-state index in [1.165, 1.54) is 0 Å². The summed E-state index contributed by atoms with van der Waals surface area (Å²) in [7, 11) is 0. The summed E-state index contributed by atoms with van der Waals surface area (Å²) < 4.78 is 0. The van der Waals surface area contributed by atoms with Gasteiger partial charge in [0.1, 0.15) is 11.3 Å². The number of Topliss-reactive ketones (excluding diaryl/α,β-unsaturated/α-hetero) is 1. The Hall–Kier alpha value is -0.900. The van der Waals surface area contributed by atoms with Crippen LogP contribution in [0.15, 0.2) is 0 Å². The maximum Gasteiger partial charge on any atom is 0.238 e. The lowest BCUT2D eigenvalue weighted by Gasteiger charge is -2.26. The first kappa shape index (κ1) is 12.2. The van der Waals surface area contributed by atoms with Crippen LogP contribution >= 0.6 is 0 Å². The standard InChI is InChI=1S/C11H20N2O2/c1-2-3-6-9(14)8-5-4-7-11(8,13)10(12)15/h8H,2-7,13H2,1H3,(H2,12,15). The highest BCUT2D eigenvalue weighted by atomic mass is 16.2. The highest BCUT2D eigenvalue weighted by Gasteiger charge is 2.47. The predicted molar refractivity (Wildman–Crippen MR) is 58.0 cm³/mol. The van der Waals surface area contributed by atoms with Gasteiger partial charge in [0.15, 0.2) is 0 Å². The minimum absolute atomic E-state index is 0.107. The molecule has 0 saturated heterocycles. The van der Waals surface area contributed by atoms with E-state index >= 15 is 0 Å². The SMILES string of the molecule is CCCCC(=O)C1CCCC1(N)C(N)=O. The van der Waals surface area contributed by atoms with Gasteiger partial charge in [0.25, 0.3) is 0 Å². The first-order valence-electron chi connectivity index (χ1n) is 5.64. The second-order valence-corrected chi connectivity index (χ2v) is 4.42. The number of amides is 1. The molecule has 4 heteroatoms. The molecule has 0 aromatic heterocycles. The summed E-state index contributed by atoms with van der Waals surface area (Å²) >= 11 is 0. The molecule has 1 fully saturated rings. The smallest absolute Gasteiger partial charge is 0.238 e. The van der Waals surface area contributed by atoms with Gasteiger partial charge in [-0.05, 0) is 19.3 Å². The summed E-state index contributed by atoms with van der Waals surface area (Å²) in [6.07, 6.45) is 4.44. The van der Waals surface area contributed by atoms with Crippen LogP contribution in [0, 0.1) is 5.92 Å². The molecule has 1 amide bonds. The molecule has 15 heavy (non-hydrogen) atoms. The van der Waals surface area contributed by atoms with Gasteiger partial charge in [-0.2, -0.15) is 0 Å². The topological polar surface area (TPSA) is 86.2 Å². The Morgan fingerprint density at radius 3 is 2.67 bits per heavy atom. The van der Waals surface area contributed by atoms with E-state index in [2.05, 4.69) is 0 Å². The summed E-state index contributed by atoms with van der Waals surface area (Å²) in [6.45, 7) is 2.03. The molecule has 0 aromatic carbocycles. The molecule has 0 aliphatic heterocycles. The Morgan fingerprint density at radius 2 is 2.13 bits per heavy atom. The molecule has 86 valence electrons. The summed E-state index contributed by atoms with van der Waals surface area (Å²) in [5, 5.41) is 0. The first-order chi connectivity index (χ1) is 7.02. The number of hydrogen-bond donors (Lipinski definition) is 2. The Labute approximate surface area is 90.4 Å². The molecule has 1 saturated carbocycles. The normalized spacial score (nSPS) is 30.4. The van der Waals surface area contributed by atoms with E-state index in [1.54, 1.807) is 0 Å². The average Bonchev–Trinajstić information content (AvgIpc) is 2.58. The van der Waals surface area contributed by atoms with Crippen molar-refractivity contribution in [3.8, 4) is 0 Å². The lowest BCUT2D eigenvalue weighted by atomic mass is 9.83. The molecule has 0 heterocycles. The monoisotopic (exact) mass is 212 g/mol. The van der Waals surface area contributed by atoms with E-state index in [4.69, 9.17) is 11.5 Å². The van der Waals surface area contributed by atoms with Crippen molar-refractivity contribution in [2.45, 2.75) is 51.0 Å². The van der Waals surface area contributed by atoms with Crippen molar-refractivity contribution >= 4 is 11.7 Å². The van der Waals surface area contributed by atoms with Crippen LogP contribution in [0.5, 0.6) is 0 Å². The molecular formula is C11H20N2O2. The van der Waals surface area contributed by atoms with Gasteiger partial charge >= 0.3 is 0 Å². The lowest BCUT2D eigenvalue weighted by molar-refractivity contribution is -0.132. The zero-order valence-corrected chi connectivity index (χ0v) is 9.29. The average molecular weight is 212 g/mol. The van der Waals surface area contributed by atoms with E-state index in [-0.39, 0.29) is 11.7 Å². The highest BCUT2D eigenvalue weighted by Crippen LogP contribution is 2.35. The highest BCUT2D eigenvalue weighted by molar-refractivity contribution is 5.94. The fourth-order valence-electron chi connectivity index (χ4n) is 2.30. The van der Waals surface area contributed by atoms with Gasteiger partial charge in [0.05, 0.1) is 0 Å². The lowest BCUT2D eigenvalue weighted by Crippen LogP contribution is -2.56. The molecular weight excluding hydrogens is 192 g/mol. The fraction of sp³-hybridized carbons (Fsp3) is 0.818. The van der Waals surface area contributed by atoms with Gasteiger partial charge in [0.2, 0.25) is 5.91 Å². The van der Waals surface area contributed by atoms with Gasteiger partial charge in [-0.15, -0.1) is 0 Å². The number of nitrogens with two attached hydrogens (primary N) is 2. The van der Waals surface area contributed by atoms with Crippen LogP contribution in [-0.2, 0) is 9.59 Å². The number of ketones is 1. The zero-order valence-electron chi connectivity index (χ0n) is 9.29. The minimum atomic E-state index is -1.08. The zero-order chi connectivity index (χ0) is 11.5. The van der Waals surface area contributed by atoms with E-state index in [0.717, 1.165) is 19.3 Å². The minimum Gasteiger partial charge on any atom is -0.368 e. The van der Waals surface area contributed by atoms with E-state index in [0.29, 0.717) is 19.3 Å². The van der Waals surface area contributed by atoms with Crippen molar-refractivity contribution < 1.29 is 9.59 Å². The molecule has 0 spiro atoms. The van der Waals surface area contributed by atoms with Crippen LogP contribution in [0.2, 0.25) is 0 Å². The maximum absolute atomic E-state index is 11.8. The van der Waals surface area contributed by atoms with Gasteiger partial charge < -0.3 is 11.5 Å². The Morgan fingerprint density at radius 1 is 1.47 bits per heavy atom. The molecule has 2 unspecified atom stereocenters. The van der Waals surface area contributed by atoms with Gasteiger partial charge in [-0.1, -0.05) is 19.8 Å². The number of rotatable bonds is 5. The molecule has 4 nitrogen and oxygen atoms in total. The quantitative estimate of drug-likeness (QED) is 0.704. The van der Waals surface area contributed by atoms with Gasteiger partial charge in [0, 0.05) is 12.3 Å².